The van der Waals surface area contributed by atoms with Crippen molar-refractivity contribution in [2.45, 2.75) is 44.8 Å². The minimum absolute atomic E-state index is 0.0306. The van der Waals surface area contributed by atoms with Crippen molar-refractivity contribution in [3.8, 4) is 5.75 Å². The molecule has 2 aromatic heterocycles. The Morgan fingerprint density at radius 2 is 1.82 bits per heavy atom. The molecule has 2 amide bonds. The predicted molar refractivity (Wildman–Crippen MR) is 143 cm³/mol. The second-order valence-corrected chi connectivity index (χ2v) is 9.31. The lowest BCUT2D eigenvalue weighted by Crippen LogP contribution is -2.42. The Morgan fingerprint density at radius 1 is 1.05 bits per heavy atom. The van der Waals surface area contributed by atoms with Gasteiger partial charge in [-0.3, -0.25) is 23.5 Å². The van der Waals surface area contributed by atoms with E-state index in [0.717, 1.165) is 30.3 Å². The Labute approximate surface area is 222 Å². The molecule has 11 nitrogen and oxygen atoms in total. The smallest absolute Gasteiger partial charge is 0.332 e. The van der Waals surface area contributed by atoms with Gasteiger partial charge in [0.15, 0.2) is 0 Å². The number of rotatable bonds is 8. The number of azo groups is 1. The van der Waals surface area contributed by atoms with E-state index in [9.17, 15) is 19.2 Å². The Balaban J connectivity index is 1.53. The number of hydrogen-bond donors (Lipinski definition) is 1. The zero-order valence-electron chi connectivity index (χ0n) is 21.3. The lowest BCUT2D eigenvalue weighted by molar-refractivity contribution is -0.116. The SMILES string of the molecule is COc1ccc(NC(=O)Cn2c(=O)n(Cc3ccco3)c(=O)c3ccc(C(=O)N=NC4CCCC4)cc32)cc1. The van der Waals surface area contributed by atoms with Crippen LogP contribution in [0.5, 0.6) is 5.75 Å². The van der Waals surface area contributed by atoms with Gasteiger partial charge in [0.25, 0.3) is 11.5 Å². The first-order valence-corrected chi connectivity index (χ1v) is 12.6. The molecule has 0 saturated heterocycles. The van der Waals surface area contributed by atoms with Crippen molar-refractivity contribution in [1.29, 1.82) is 0 Å². The van der Waals surface area contributed by atoms with Gasteiger partial charge in [-0.05, 0) is 67.4 Å². The summed E-state index contributed by atoms with van der Waals surface area (Å²) in [5, 5.41) is 10.9. The molecule has 0 unspecified atom stereocenters. The molecule has 0 atom stereocenters. The molecule has 0 spiro atoms. The molecule has 2 heterocycles. The highest BCUT2D eigenvalue weighted by atomic mass is 16.5. The number of furan rings is 1. The maximum absolute atomic E-state index is 13.5. The second kappa shape index (κ2) is 11.3. The van der Waals surface area contributed by atoms with Crippen molar-refractivity contribution in [1.82, 2.24) is 9.13 Å². The number of carbonyl (C=O) groups excluding carboxylic acids is 2. The minimum atomic E-state index is -0.717. The first kappa shape index (κ1) is 25.8. The number of amides is 2. The number of aromatic nitrogens is 2. The van der Waals surface area contributed by atoms with Crippen LogP contribution in [0, 0.1) is 0 Å². The number of fused-ring (bicyclic) bond motifs is 1. The highest BCUT2D eigenvalue weighted by Crippen LogP contribution is 2.22. The molecule has 1 N–H and O–H groups in total. The number of benzene rings is 2. The predicted octanol–water partition coefficient (Wildman–Crippen LogP) is 3.99. The third-order valence-electron chi connectivity index (χ3n) is 6.68. The van der Waals surface area contributed by atoms with E-state index in [1.54, 1.807) is 36.4 Å². The average Bonchev–Trinajstić information content (AvgIpc) is 3.67. The van der Waals surface area contributed by atoms with Gasteiger partial charge in [0.05, 0.1) is 36.9 Å². The van der Waals surface area contributed by atoms with Crippen LogP contribution in [0.15, 0.2) is 85.1 Å². The molecule has 1 fully saturated rings. The van der Waals surface area contributed by atoms with Crippen LogP contribution in [-0.2, 0) is 17.9 Å². The fourth-order valence-electron chi connectivity index (χ4n) is 4.63. The quantitative estimate of drug-likeness (QED) is 0.343. The van der Waals surface area contributed by atoms with Crippen LogP contribution < -0.4 is 21.3 Å². The van der Waals surface area contributed by atoms with Gasteiger partial charge in [-0.25, -0.2) is 4.79 Å². The van der Waals surface area contributed by atoms with Crippen molar-refractivity contribution in [2.75, 3.05) is 12.4 Å². The molecule has 0 radical (unpaired) electrons. The first-order chi connectivity index (χ1) is 18.9. The molecule has 5 rings (SSSR count). The molecular formula is C28H27N5O6. The molecular weight excluding hydrogens is 502 g/mol. The van der Waals surface area contributed by atoms with Gasteiger partial charge >= 0.3 is 5.69 Å². The molecule has 39 heavy (non-hydrogen) atoms. The van der Waals surface area contributed by atoms with E-state index >= 15 is 0 Å². The van der Waals surface area contributed by atoms with Gasteiger partial charge in [0.1, 0.15) is 18.1 Å². The van der Waals surface area contributed by atoms with Crippen LogP contribution in [0.25, 0.3) is 10.9 Å². The van der Waals surface area contributed by atoms with E-state index in [1.807, 2.05) is 0 Å². The van der Waals surface area contributed by atoms with Crippen molar-refractivity contribution < 1.29 is 18.7 Å². The zero-order chi connectivity index (χ0) is 27.4. The summed E-state index contributed by atoms with van der Waals surface area (Å²) in [5.41, 5.74) is -0.468. The standard InChI is InChI=1S/C28H27N5O6/c1-38-21-11-9-19(10-12-21)29-25(34)17-32-24-15-18(26(35)31-30-20-5-2-3-6-20)8-13-23(24)27(36)33(28(32)37)16-22-7-4-14-39-22/h4,7-15,20H,2-3,5-6,16-17H2,1H3,(H,29,34). The van der Waals surface area contributed by atoms with Crippen LogP contribution >= 0.6 is 0 Å². The maximum atomic E-state index is 13.5. The summed E-state index contributed by atoms with van der Waals surface area (Å²) in [5.74, 6) is -0.0425. The molecule has 0 aliphatic heterocycles. The molecule has 2 aromatic carbocycles. The molecule has 0 bridgehead atoms. The number of carbonyl (C=O) groups is 2. The average molecular weight is 530 g/mol. The summed E-state index contributed by atoms with van der Waals surface area (Å²) in [6, 6.07) is 14.4. The van der Waals surface area contributed by atoms with Crippen LogP contribution in [0.2, 0.25) is 0 Å². The number of hydrogen-bond acceptors (Lipinski definition) is 7. The monoisotopic (exact) mass is 529 g/mol. The fourth-order valence-corrected chi connectivity index (χ4v) is 4.63. The maximum Gasteiger partial charge on any atom is 0.332 e. The molecule has 1 saturated carbocycles. The lowest BCUT2D eigenvalue weighted by Gasteiger charge is -2.14. The normalized spacial score (nSPS) is 13.8. The van der Waals surface area contributed by atoms with E-state index in [2.05, 4.69) is 15.5 Å². The number of methoxy groups -OCH3 is 1. The summed E-state index contributed by atoms with van der Waals surface area (Å²) in [7, 11) is 1.54. The first-order valence-electron chi connectivity index (χ1n) is 12.6. The van der Waals surface area contributed by atoms with E-state index in [0.29, 0.717) is 17.2 Å². The van der Waals surface area contributed by atoms with E-state index < -0.39 is 29.6 Å². The third kappa shape index (κ3) is 5.71. The van der Waals surface area contributed by atoms with Crippen LogP contribution in [-0.4, -0.2) is 34.1 Å². The Morgan fingerprint density at radius 3 is 2.51 bits per heavy atom. The number of nitrogens with zero attached hydrogens (tertiary/aromatic N) is 4. The van der Waals surface area contributed by atoms with E-state index in [-0.39, 0.29) is 29.1 Å². The topological polar surface area (TPSA) is 137 Å². The Kier molecular flexibility index (Phi) is 7.48. The van der Waals surface area contributed by atoms with Crippen LogP contribution in [0.1, 0.15) is 41.8 Å². The van der Waals surface area contributed by atoms with Gasteiger partial charge < -0.3 is 14.5 Å². The Bertz CT molecular complexity index is 1650. The van der Waals surface area contributed by atoms with Gasteiger partial charge in [-0.15, -0.1) is 5.11 Å². The minimum Gasteiger partial charge on any atom is -0.497 e. The Hall–Kier alpha value is -4.80. The third-order valence-corrected chi connectivity index (χ3v) is 6.68. The van der Waals surface area contributed by atoms with Crippen LogP contribution in [0.3, 0.4) is 0 Å². The largest absolute Gasteiger partial charge is 0.497 e. The molecule has 200 valence electrons. The lowest BCUT2D eigenvalue weighted by atomic mass is 10.1. The summed E-state index contributed by atoms with van der Waals surface area (Å²) in [6.07, 6.45) is 5.35. The second-order valence-electron chi connectivity index (χ2n) is 9.31. The molecule has 4 aromatic rings. The fraction of sp³-hybridized carbons (Fsp3) is 0.286. The summed E-state index contributed by atoms with van der Waals surface area (Å²) >= 11 is 0. The van der Waals surface area contributed by atoms with Crippen molar-refractivity contribution in [3.63, 3.8) is 0 Å². The van der Waals surface area contributed by atoms with E-state index in [1.165, 1.54) is 36.1 Å². The van der Waals surface area contributed by atoms with Gasteiger partial charge in [-0.1, -0.05) is 12.8 Å². The van der Waals surface area contributed by atoms with E-state index in [4.69, 9.17) is 9.15 Å². The van der Waals surface area contributed by atoms with Crippen LogP contribution in [0.4, 0.5) is 5.69 Å². The van der Waals surface area contributed by atoms with Gasteiger partial charge in [0.2, 0.25) is 5.91 Å². The van der Waals surface area contributed by atoms with Crippen molar-refractivity contribution >= 4 is 28.4 Å². The van der Waals surface area contributed by atoms with Gasteiger partial charge in [0, 0.05) is 11.3 Å². The molecule has 11 heteroatoms. The number of ether oxygens (including phenoxy) is 1. The zero-order valence-corrected chi connectivity index (χ0v) is 21.3. The van der Waals surface area contributed by atoms with Crippen molar-refractivity contribution in [3.05, 3.63) is 93.0 Å². The highest BCUT2D eigenvalue weighted by Gasteiger charge is 2.19. The summed E-state index contributed by atoms with van der Waals surface area (Å²) in [6.45, 7) is -0.516. The van der Waals surface area contributed by atoms with Gasteiger partial charge in [-0.2, -0.15) is 5.11 Å². The number of anilines is 1. The highest BCUT2D eigenvalue weighted by molar-refractivity contribution is 5.98. The summed E-state index contributed by atoms with van der Waals surface area (Å²) in [4.78, 5) is 52.7. The number of nitrogens with one attached hydrogen (secondary N) is 1. The molecule has 1 aliphatic rings. The van der Waals surface area contributed by atoms with Crippen molar-refractivity contribution in [2.24, 2.45) is 10.2 Å². The molecule has 1 aliphatic carbocycles. The summed E-state index contributed by atoms with van der Waals surface area (Å²) < 4.78 is 12.6.